The summed E-state index contributed by atoms with van der Waals surface area (Å²) in [7, 11) is 0. The Morgan fingerprint density at radius 2 is 2.07 bits per heavy atom. The molecule has 2 aromatic rings. The maximum atomic E-state index is 13.5. The number of fused-ring (bicyclic) bond motifs is 1. The normalized spacial score (nSPS) is 12.3. The van der Waals surface area contributed by atoms with Gasteiger partial charge >= 0.3 is 0 Å². The highest BCUT2D eigenvalue weighted by Crippen LogP contribution is 2.27. The summed E-state index contributed by atoms with van der Waals surface area (Å²) in [4.78, 5) is 0. The highest BCUT2D eigenvalue weighted by atomic mass is 19.1. The van der Waals surface area contributed by atoms with Crippen LogP contribution >= 0.6 is 0 Å². The molecular weight excluding hydrogens is 179 g/mol. The number of halogens is 1. The second-order valence-corrected chi connectivity index (χ2v) is 4.46. The monoisotopic (exact) mass is 192 g/mol. The maximum Gasteiger partial charge on any atom is 0.149 e. The minimum Gasteiger partial charge on any atom is -0.238 e. The van der Waals surface area contributed by atoms with Crippen molar-refractivity contribution in [2.45, 2.75) is 26.2 Å². The zero-order valence-corrected chi connectivity index (χ0v) is 8.58. The highest BCUT2D eigenvalue weighted by molar-refractivity contribution is 5.57. The molecule has 2 aromatic heterocycles. The van der Waals surface area contributed by atoms with Gasteiger partial charge in [-0.1, -0.05) is 20.8 Å². The van der Waals surface area contributed by atoms with Crippen molar-refractivity contribution in [2.24, 2.45) is 0 Å². The summed E-state index contributed by atoms with van der Waals surface area (Å²) in [6.45, 7) is 6.16. The molecule has 0 unspecified atom stereocenters. The summed E-state index contributed by atoms with van der Waals surface area (Å²) in [5.41, 5.74) is 1.44. The number of aromatic nitrogens is 2. The molecule has 0 saturated carbocycles. The third-order valence-corrected chi connectivity index (χ3v) is 2.30. The van der Waals surface area contributed by atoms with Gasteiger partial charge in [-0.25, -0.2) is 8.91 Å². The molecule has 14 heavy (non-hydrogen) atoms. The fourth-order valence-electron chi connectivity index (χ4n) is 1.55. The average Bonchev–Trinajstić information content (AvgIpc) is 2.47. The van der Waals surface area contributed by atoms with Gasteiger partial charge < -0.3 is 0 Å². The van der Waals surface area contributed by atoms with E-state index in [-0.39, 0.29) is 11.2 Å². The Bertz CT molecular complexity index is 466. The van der Waals surface area contributed by atoms with Gasteiger partial charge in [-0.2, -0.15) is 5.10 Å². The Labute approximate surface area is 82.4 Å². The van der Waals surface area contributed by atoms with Crippen molar-refractivity contribution in [3.8, 4) is 0 Å². The summed E-state index contributed by atoms with van der Waals surface area (Å²) in [6.07, 6.45) is 3.49. The lowest BCUT2D eigenvalue weighted by Crippen LogP contribution is -2.11. The largest absolute Gasteiger partial charge is 0.238 e. The topological polar surface area (TPSA) is 17.3 Å². The van der Waals surface area contributed by atoms with E-state index in [0.29, 0.717) is 5.52 Å². The molecule has 0 bridgehead atoms. The Morgan fingerprint density at radius 3 is 2.71 bits per heavy atom. The van der Waals surface area contributed by atoms with Gasteiger partial charge in [0.2, 0.25) is 0 Å². The van der Waals surface area contributed by atoms with Crippen molar-refractivity contribution in [1.82, 2.24) is 9.61 Å². The molecule has 0 aliphatic heterocycles. The van der Waals surface area contributed by atoms with Gasteiger partial charge in [0, 0.05) is 11.8 Å². The third-order valence-electron chi connectivity index (χ3n) is 2.30. The number of nitrogens with zero attached hydrogens (tertiary/aromatic N) is 2. The minimum atomic E-state index is -0.213. The van der Waals surface area contributed by atoms with E-state index in [1.165, 1.54) is 6.07 Å². The van der Waals surface area contributed by atoms with E-state index in [2.05, 4.69) is 25.9 Å². The summed E-state index contributed by atoms with van der Waals surface area (Å²) >= 11 is 0. The summed E-state index contributed by atoms with van der Waals surface area (Å²) in [6, 6.07) is 3.12. The van der Waals surface area contributed by atoms with Gasteiger partial charge in [0.15, 0.2) is 0 Å². The Kier molecular flexibility index (Phi) is 1.84. The van der Waals surface area contributed by atoms with Crippen LogP contribution in [0.3, 0.4) is 0 Å². The Balaban J connectivity index is 2.80. The van der Waals surface area contributed by atoms with Gasteiger partial charge in [0.25, 0.3) is 0 Å². The van der Waals surface area contributed by atoms with Crippen LogP contribution in [0.25, 0.3) is 5.52 Å². The van der Waals surface area contributed by atoms with Crippen LogP contribution < -0.4 is 0 Å². The van der Waals surface area contributed by atoms with E-state index in [1.54, 1.807) is 23.0 Å². The molecule has 0 aliphatic carbocycles. The van der Waals surface area contributed by atoms with E-state index in [4.69, 9.17) is 0 Å². The molecule has 0 saturated heterocycles. The second-order valence-electron chi connectivity index (χ2n) is 4.46. The van der Waals surface area contributed by atoms with Crippen LogP contribution in [-0.2, 0) is 5.41 Å². The Hall–Kier alpha value is -1.38. The molecule has 0 aliphatic rings. The second kappa shape index (κ2) is 2.80. The fraction of sp³-hybridized carbons (Fsp3) is 0.364. The fourth-order valence-corrected chi connectivity index (χ4v) is 1.55. The standard InChI is InChI=1S/C11H13FN2/c1-11(2,3)8-7-13-14-6-4-5-9(12)10(8)14/h4-7H,1-3H3. The molecule has 2 nitrogen and oxygen atoms in total. The van der Waals surface area contributed by atoms with E-state index in [9.17, 15) is 4.39 Å². The number of hydrogen-bond donors (Lipinski definition) is 0. The highest BCUT2D eigenvalue weighted by Gasteiger charge is 2.20. The zero-order chi connectivity index (χ0) is 10.3. The van der Waals surface area contributed by atoms with Crippen molar-refractivity contribution in [1.29, 1.82) is 0 Å². The lowest BCUT2D eigenvalue weighted by molar-refractivity contribution is 0.585. The van der Waals surface area contributed by atoms with Crippen molar-refractivity contribution in [3.63, 3.8) is 0 Å². The van der Waals surface area contributed by atoms with Crippen molar-refractivity contribution >= 4 is 5.52 Å². The molecule has 2 heterocycles. The van der Waals surface area contributed by atoms with Crippen LogP contribution in [0.1, 0.15) is 26.3 Å². The van der Waals surface area contributed by atoms with Crippen LogP contribution in [0.2, 0.25) is 0 Å². The lowest BCUT2D eigenvalue weighted by Gasteiger charge is -2.16. The first-order chi connectivity index (χ1) is 6.50. The number of pyridine rings is 1. The summed E-state index contributed by atoms with van der Waals surface area (Å²) in [5, 5.41) is 4.12. The van der Waals surface area contributed by atoms with E-state index < -0.39 is 0 Å². The van der Waals surface area contributed by atoms with Crippen LogP contribution in [0, 0.1) is 5.82 Å². The molecule has 0 aromatic carbocycles. The van der Waals surface area contributed by atoms with Crippen molar-refractivity contribution in [2.75, 3.05) is 0 Å². The molecular formula is C11H13FN2. The molecule has 3 heteroatoms. The van der Waals surface area contributed by atoms with E-state index >= 15 is 0 Å². The number of hydrogen-bond acceptors (Lipinski definition) is 1. The summed E-state index contributed by atoms with van der Waals surface area (Å²) in [5.74, 6) is -0.213. The van der Waals surface area contributed by atoms with Gasteiger partial charge in [0.05, 0.1) is 6.20 Å². The van der Waals surface area contributed by atoms with Gasteiger partial charge in [-0.05, 0) is 17.5 Å². The first kappa shape index (κ1) is 9.19. The molecule has 0 fully saturated rings. The van der Waals surface area contributed by atoms with Crippen LogP contribution in [0.15, 0.2) is 24.5 Å². The van der Waals surface area contributed by atoms with Gasteiger partial charge in [0.1, 0.15) is 11.3 Å². The van der Waals surface area contributed by atoms with Crippen LogP contribution in [0.5, 0.6) is 0 Å². The zero-order valence-electron chi connectivity index (χ0n) is 8.58. The quantitative estimate of drug-likeness (QED) is 0.627. The van der Waals surface area contributed by atoms with E-state index in [1.807, 2.05) is 0 Å². The van der Waals surface area contributed by atoms with Gasteiger partial charge in [-0.15, -0.1) is 0 Å². The molecule has 2 rings (SSSR count). The van der Waals surface area contributed by atoms with Crippen molar-refractivity contribution < 1.29 is 4.39 Å². The SMILES string of the molecule is CC(C)(C)c1cnn2cccc(F)c12. The molecule has 0 N–H and O–H groups in total. The first-order valence-electron chi connectivity index (χ1n) is 4.62. The average molecular weight is 192 g/mol. The van der Waals surface area contributed by atoms with Crippen LogP contribution in [0.4, 0.5) is 4.39 Å². The molecule has 0 atom stereocenters. The third kappa shape index (κ3) is 1.29. The molecule has 0 amide bonds. The van der Waals surface area contributed by atoms with Crippen molar-refractivity contribution in [3.05, 3.63) is 35.9 Å². The maximum absolute atomic E-state index is 13.5. The Morgan fingerprint density at radius 1 is 1.36 bits per heavy atom. The van der Waals surface area contributed by atoms with E-state index in [0.717, 1.165) is 5.56 Å². The van der Waals surface area contributed by atoms with Crippen LogP contribution in [-0.4, -0.2) is 9.61 Å². The number of rotatable bonds is 0. The molecule has 0 radical (unpaired) electrons. The predicted molar refractivity (Wildman–Crippen MR) is 53.9 cm³/mol. The minimum absolute atomic E-state index is 0.0794. The first-order valence-corrected chi connectivity index (χ1v) is 4.62. The summed E-state index contributed by atoms with van der Waals surface area (Å²) < 4.78 is 15.1. The molecule has 74 valence electrons. The van der Waals surface area contributed by atoms with Gasteiger partial charge in [-0.3, -0.25) is 0 Å². The molecule has 0 spiro atoms. The lowest BCUT2D eigenvalue weighted by atomic mass is 9.88. The predicted octanol–water partition coefficient (Wildman–Crippen LogP) is 2.77. The smallest absolute Gasteiger partial charge is 0.149 e.